The molecule has 8 heteroatoms. The number of rotatable bonds is 5. The summed E-state index contributed by atoms with van der Waals surface area (Å²) in [5, 5.41) is 4.98. The van der Waals surface area contributed by atoms with Gasteiger partial charge in [0.05, 0.1) is 15.5 Å². The van der Waals surface area contributed by atoms with Crippen molar-refractivity contribution in [1.29, 1.82) is 0 Å². The summed E-state index contributed by atoms with van der Waals surface area (Å²) < 4.78 is 19.6. The van der Waals surface area contributed by atoms with Gasteiger partial charge >= 0.3 is 0 Å². The van der Waals surface area contributed by atoms with Gasteiger partial charge in [-0.1, -0.05) is 29.1 Å². The van der Waals surface area contributed by atoms with E-state index in [9.17, 15) is 4.39 Å². The number of thioether (sulfide) groups is 1. The molecule has 0 saturated heterocycles. The van der Waals surface area contributed by atoms with Gasteiger partial charge in [0.2, 0.25) is 5.89 Å². The molecule has 0 spiro atoms. The minimum absolute atomic E-state index is 0.000490. The van der Waals surface area contributed by atoms with Gasteiger partial charge in [-0.15, -0.1) is 11.3 Å². The fourth-order valence-corrected chi connectivity index (χ4v) is 4.93. The first-order valence-electron chi connectivity index (χ1n) is 8.68. The first-order valence-corrected chi connectivity index (χ1v) is 10.4. The molecule has 136 valence electrons. The standard InChI is InChI=1S/C19H15FN4OS2/c1-10(18-23-17(24-25-18)12-2-3-12)26-19-16-14(21-9-22-19)8-15(27-16)11-4-6-13(20)7-5-11/h4-10,12H,2-3H2,1H3. The van der Waals surface area contributed by atoms with E-state index in [2.05, 4.69) is 20.1 Å². The molecule has 5 rings (SSSR count). The van der Waals surface area contributed by atoms with E-state index in [4.69, 9.17) is 4.52 Å². The van der Waals surface area contributed by atoms with Crippen LogP contribution in [0.4, 0.5) is 4.39 Å². The van der Waals surface area contributed by atoms with Crippen LogP contribution in [0.15, 0.2) is 46.2 Å². The molecule has 0 radical (unpaired) electrons. The summed E-state index contributed by atoms with van der Waals surface area (Å²) in [5.74, 6) is 1.68. The number of hydrogen-bond acceptors (Lipinski definition) is 7. The van der Waals surface area contributed by atoms with Crippen molar-refractivity contribution in [3.63, 3.8) is 0 Å². The molecule has 3 aromatic heterocycles. The molecule has 27 heavy (non-hydrogen) atoms. The average molecular weight is 398 g/mol. The minimum Gasteiger partial charge on any atom is -0.338 e. The van der Waals surface area contributed by atoms with E-state index in [1.54, 1.807) is 41.6 Å². The van der Waals surface area contributed by atoms with Crippen LogP contribution in [0.2, 0.25) is 0 Å². The highest BCUT2D eigenvalue weighted by atomic mass is 32.2. The second kappa shape index (κ2) is 6.69. The van der Waals surface area contributed by atoms with Gasteiger partial charge in [-0.3, -0.25) is 0 Å². The third-order valence-electron chi connectivity index (χ3n) is 4.44. The minimum atomic E-state index is -0.241. The van der Waals surface area contributed by atoms with Crippen LogP contribution in [-0.4, -0.2) is 20.1 Å². The van der Waals surface area contributed by atoms with Crippen molar-refractivity contribution >= 4 is 33.3 Å². The normalized spacial score (nSPS) is 15.3. The zero-order chi connectivity index (χ0) is 18.4. The van der Waals surface area contributed by atoms with E-state index in [0.717, 1.165) is 44.3 Å². The summed E-state index contributed by atoms with van der Waals surface area (Å²) in [6.07, 6.45) is 3.87. The zero-order valence-corrected chi connectivity index (χ0v) is 16.1. The molecule has 3 heterocycles. The summed E-state index contributed by atoms with van der Waals surface area (Å²) in [6.45, 7) is 2.04. The van der Waals surface area contributed by atoms with Crippen LogP contribution in [0, 0.1) is 5.82 Å². The van der Waals surface area contributed by atoms with E-state index in [1.807, 2.05) is 13.0 Å². The Hall–Kier alpha value is -2.32. The Kier molecular flexibility index (Phi) is 4.17. The number of fused-ring (bicyclic) bond motifs is 1. The van der Waals surface area contributed by atoms with E-state index in [1.165, 1.54) is 12.1 Å². The van der Waals surface area contributed by atoms with Crippen LogP contribution in [-0.2, 0) is 0 Å². The van der Waals surface area contributed by atoms with Crippen LogP contribution < -0.4 is 0 Å². The second-order valence-corrected chi connectivity index (χ2v) is 8.92. The van der Waals surface area contributed by atoms with Crippen molar-refractivity contribution in [2.45, 2.75) is 36.0 Å². The third kappa shape index (κ3) is 3.35. The summed E-state index contributed by atoms with van der Waals surface area (Å²) in [4.78, 5) is 14.4. The maximum absolute atomic E-state index is 13.2. The van der Waals surface area contributed by atoms with Crippen molar-refractivity contribution in [3.05, 3.63) is 54.2 Å². The highest BCUT2D eigenvalue weighted by Gasteiger charge is 2.30. The largest absolute Gasteiger partial charge is 0.338 e. The first kappa shape index (κ1) is 16.8. The third-order valence-corrected chi connectivity index (χ3v) is 6.84. The maximum Gasteiger partial charge on any atom is 0.239 e. The summed E-state index contributed by atoms with van der Waals surface area (Å²) in [6, 6.07) is 8.51. The second-order valence-electron chi connectivity index (χ2n) is 6.54. The predicted molar refractivity (Wildman–Crippen MR) is 103 cm³/mol. The lowest BCUT2D eigenvalue weighted by Gasteiger charge is -2.05. The molecule has 1 atom stereocenters. The summed E-state index contributed by atoms with van der Waals surface area (Å²) in [5.41, 5.74) is 1.85. The van der Waals surface area contributed by atoms with Crippen molar-refractivity contribution in [2.24, 2.45) is 0 Å². The van der Waals surface area contributed by atoms with Gasteiger partial charge in [0.25, 0.3) is 0 Å². The molecule has 1 aliphatic rings. The number of hydrogen-bond donors (Lipinski definition) is 0. The number of thiophene rings is 1. The predicted octanol–water partition coefficient (Wildman–Crippen LogP) is 5.61. The fourth-order valence-electron chi connectivity index (χ4n) is 2.81. The van der Waals surface area contributed by atoms with Crippen molar-refractivity contribution in [3.8, 4) is 10.4 Å². The molecule has 1 fully saturated rings. The first-order chi connectivity index (χ1) is 13.2. The van der Waals surface area contributed by atoms with Gasteiger partial charge in [0.15, 0.2) is 5.82 Å². The average Bonchev–Trinajstić information content (AvgIpc) is 3.23. The Balaban J connectivity index is 1.44. The van der Waals surface area contributed by atoms with E-state index < -0.39 is 0 Å². The molecule has 0 aliphatic heterocycles. The molecule has 5 nitrogen and oxygen atoms in total. The van der Waals surface area contributed by atoms with Crippen molar-refractivity contribution < 1.29 is 8.91 Å². The maximum atomic E-state index is 13.2. The Morgan fingerprint density at radius 3 is 2.81 bits per heavy atom. The Labute approximate surface area is 163 Å². The molecular formula is C19H15FN4OS2. The smallest absolute Gasteiger partial charge is 0.239 e. The van der Waals surface area contributed by atoms with Crippen molar-refractivity contribution in [1.82, 2.24) is 20.1 Å². The Bertz CT molecular complexity index is 1100. The van der Waals surface area contributed by atoms with E-state index in [-0.39, 0.29) is 11.1 Å². The van der Waals surface area contributed by atoms with Crippen LogP contribution in [0.1, 0.15) is 42.6 Å². The Morgan fingerprint density at radius 1 is 1.22 bits per heavy atom. The summed E-state index contributed by atoms with van der Waals surface area (Å²) in [7, 11) is 0. The van der Waals surface area contributed by atoms with Gasteiger partial charge in [0.1, 0.15) is 17.2 Å². The lowest BCUT2D eigenvalue weighted by molar-refractivity contribution is 0.375. The van der Waals surface area contributed by atoms with E-state index in [0.29, 0.717) is 11.8 Å². The monoisotopic (exact) mass is 398 g/mol. The molecule has 1 unspecified atom stereocenters. The quantitative estimate of drug-likeness (QED) is 0.321. The van der Waals surface area contributed by atoms with Gasteiger partial charge in [0, 0.05) is 10.8 Å². The number of nitrogens with zero attached hydrogens (tertiary/aromatic N) is 4. The molecule has 0 N–H and O–H groups in total. The van der Waals surface area contributed by atoms with Crippen LogP contribution in [0.5, 0.6) is 0 Å². The lowest BCUT2D eigenvalue weighted by atomic mass is 10.2. The molecule has 4 aromatic rings. The molecule has 1 aliphatic carbocycles. The fraction of sp³-hybridized carbons (Fsp3) is 0.263. The van der Waals surface area contributed by atoms with Gasteiger partial charge in [-0.25, -0.2) is 14.4 Å². The molecule has 0 amide bonds. The number of aromatic nitrogens is 4. The lowest BCUT2D eigenvalue weighted by Crippen LogP contribution is -1.92. The van der Waals surface area contributed by atoms with Gasteiger partial charge in [-0.2, -0.15) is 4.98 Å². The molecular weight excluding hydrogens is 383 g/mol. The van der Waals surface area contributed by atoms with Crippen LogP contribution in [0.25, 0.3) is 20.7 Å². The van der Waals surface area contributed by atoms with Crippen LogP contribution in [0.3, 0.4) is 0 Å². The molecule has 0 bridgehead atoms. The highest BCUT2D eigenvalue weighted by Crippen LogP contribution is 2.43. The van der Waals surface area contributed by atoms with E-state index >= 15 is 0 Å². The Morgan fingerprint density at radius 2 is 2.04 bits per heavy atom. The zero-order valence-electron chi connectivity index (χ0n) is 14.4. The SMILES string of the molecule is CC(Sc1ncnc2cc(-c3ccc(F)cc3)sc12)c1nc(C2CC2)no1. The number of benzene rings is 1. The van der Waals surface area contributed by atoms with Crippen molar-refractivity contribution in [2.75, 3.05) is 0 Å². The molecule has 1 aromatic carbocycles. The highest BCUT2D eigenvalue weighted by molar-refractivity contribution is 7.99. The molecule has 1 saturated carbocycles. The van der Waals surface area contributed by atoms with Crippen LogP contribution >= 0.6 is 23.1 Å². The van der Waals surface area contributed by atoms with Gasteiger partial charge in [-0.05, 0) is 43.5 Å². The topological polar surface area (TPSA) is 64.7 Å². The number of halogens is 1. The van der Waals surface area contributed by atoms with Gasteiger partial charge < -0.3 is 4.52 Å². The summed E-state index contributed by atoms with van der Waals surface area (Å²) >= 11 is 3.19.